The molecular weight excluding hydrogens is 276 g/mol. The largest absolute Gasteiger partial charge is 0.375 e. The topological polar surface area (TPSA) is 49.9 Å². The van der Waals surface area contributed by atoms with E-state index in [2.05, 4.69) is 0 Å². The summed E-state index contributed by atoms with van der Waals surface area (Å²) in [5, 5.41) is 3.75. The van der Waals surface area contributed by atoms with E-state index in [-0.39, 0.29) is 29.9 Å². The molecule has 0 aromatic carbocycles. The molecule has 5 nitrogen and oxygen atoms in total. The van der Waals surface area contributed by atoms with Gasteiger partial charge in [0.2, 0.25) is 5.91 Å². The molecule has 0 aliphatic carbocycles. The third-order valence-electron chi connectivity index (χ3n) is 4.08. The summed E-state index contributed by atoms with van der Waals surface area (Å²) in [7, 11) is 3.49. The minimum atomic E-state index is -0.236. The van der Waals surface area contributed by atoms with Crippen LogP contribution in [0.2, 0.25) is 0 Å². The number of nitrogens with zero attached hydrogens (tertiary/aromatic N) is 2. The number of rotatable bonds is 2. The molecule has 0 N–H and O–H groups in total. The summed E-state index contributed by atoms with van der Waals surface area (Å²) in [6.45, 7) is 1.08. The average Bonchev–Trinajstić information content (AvgIpc) is 3.13. The fraction of sp³-hybridized carbons (Fsp3) is 0.571. The van der Waals surface area contributed by atoms with Crippen molar-refractivity contribution in [2.75, 3.05) is 27.2 Å². The summed E-state index contributed by atoms with van der Waals surface area (Å²) in [5.41, 5.74) is 0.707. The lowest BCUT2D eigenvalue weighted by molar-refractivity contribution is -0.135. The van der Waals surface area contributed by atoms with Gasteiger partial charge in [0.1, 0.15) is 0 Å². The van der Waals surface area contributed by atoms with E-state index < -0.39 is 0 Å². The number of hydrogen-bond donors (Lipinski definition) is 0. The summed E-state index contributed by atoms with van der Waals surface area (Å²) < 4.78 is 5.72. The highest BCUT2D eigenvalue weighted by Gasteiger charge is 2.50. The number of hydrogen-bond acceptors (Lipinski definition) is 4. The Balaban J connectivity index is 1.83. The molecule has 2 fully saturated rings. The van der Waals surface area contributed by atoms with Crippen LogP contribution in [-0.2, 0) is 9.53 Å². The molecule has 108 valence electrons. The summed E-state index contributed by atoms with van der Waals surface area (Å²) in [4.78, 5) is 28.2. The Hall–Kier alpha value is -1.40. The molecule has 0 spiro atoms. The number of thiophene rings is 1. The number of carbonyl (C=O) groups excluding carboxylic acids is 2. The van der Waals surface area contributed by atoms with Crippen LogP contribution < -0.4 is 0 Å². The Morgan fingerprint density at radius 3 is 2.90 bits per heavy atom. The summed E-state index contributed by atoms with van der Waals surface area (Å²) in [6, 6.07) is 1.87. The van der Waals surface area contributed by atoms with Crippen LogP contribution in [0, 0.1) is 5.92 Å². The zero-order valence-electron chi connectivity index (χ0n) is 11.6. The highest BCUT2D eigenvalue weighted by atomic mass is 32.1. The van der Waals surface area contributed by atoms with Gasteiger partial charge in [-0.1, -0.05) is 0 Å². The number of fused-ring (bicyclic) bond motifs is 1. The summed E-state index contributed by atoms with van der Waals surface area (Å²) in [6.07, 6.45) is 0.671. The maximum Gasteiger partial charge on any atom is 0.255 e. The lowest BCUT2D eigenvalue weighted by Crippen LogP contribution is -2.37. The van der Waals surface area contributed by atoms with Crippen molar-refractivity contribution >= 4 is 23.2 Å². The van der Waals surface area contributed by atoms with Crippen LogP contribution in [0.4, 0.5) is 0 Å². The zero-order chi connectivity index (χ0) is 14.3. The maximum absolute atomic E-state index is 12.5. The summed E-state index contributed by atoms with van der Waals surface area (Å²) in [5.74, 6) is -0.177. The van der Waals surface area contributed by atoms with E-state index in [9.17, 15) is 9.59 Å². The lowest BCUT2D eigenvalue weighted by atomic mass is 10.0. The molecule has 2 aliphatic heterocycles. The minimum absolute atomic E-state index is 0.0146. The molecule has 6 heteroatoms. The second kappa shape index (κ2) is 5.18. The van der Waals surface area contributed by atoms with Gasteiger partial charge < -0.3 is 14.5 Å². The molecule has 2 amide bonds. The normalized spacial score (nSPS) is 28.5. The van der Waals surface area contributed by atoms with E-state index in [0.29, 0.717) is 18.7 Å². The van der Waals surface area contributed by atoms with Crippen LogP contribution in [-0.4, -0.2) is 61.0 Å². The van der Waals surface area contributed by atoms with Crippen LogP contribution in [0.5, 0.6) is 0 Å². The summed E-state index contributed by atoms with van der Waals surface area (Å²) >= 11 is 1.51. The first-order valence-corrected chi connectivity index (χ1v) is 7.70. The smallest absolute Gasteiger partial charge is 0.255 e. The van der Waals surface area contributed by atoms with Crippen LogP contribution in [0.3, 0.4) is 0 Å². The molecule has 3 rings (SSSR count). The van der Waals surface area contributed by atoms with Crippen molar-refractivity contribution < 1.29 is 14.3 Å². The Morgan fingerprint density at radius 1 is 1.45 bits per heavy atom. The van der Waals surface area contributed by atoms with Crippen molar-refractivity contribution in [1.82, 2.24) is 9.80 Å². The molecular formula is C14H18N2O3S. The maximum atomic E-state index is 12.5. The van der Waals surface area contributed by atoms with Gasteiger partial charge in [-0.25, -0.2) is 0 Å². The SMILES string of the molecule is CN(C)C(=O)[C@@H]1CN(C(=O)c2ccsc2)[C@@H]2CCO[C@@H]21. The number of likely N-dealkylation sites (tertiary alicyclic amines) is 1. The zero-order valence-corrected chi connectivity index (χ0v) is 12.4. The predicted octanol–water partition coefficient (Wildman–Crippen LogP) is 1.07. The number of ether oxygens (including phenoxy) is 1. The second-order valence-electron chi connectivity index (χ2n) is 5.50. The molecule has 2 saturated heterocycles. The van der Waals surface area contributed by atoms with Gasteiger partial charge in [0.05, 0.1) is 23.6 Å². The van der Waals surface area contributed by atoms with Crippen molar-refractivity contribution in [2.24, 2.45) is 5.92 Å². The monoisotopic (exact) mass is 294 g/mol. The van der Waals surface area contributed by atoms with Crippen LogP contribution in [0.25, 0.3) is 0 Å². The molecule has 0 radical (unpaired) electrons. The fourth-order valence-electron chi connectivity index (χ4n) is 3.10. The Bertz CT molecular complexity index is 514. The third-order valence-corrected chi connectivity index (χ3v) is 4.76. The van der Waals surface area contributed by atoms with Gasteiger partial charge in [0, 0.05) is 32.6 Å². The van der Waals surface area contributed by atoms with Gasteiger partial charge in [0.25, 0.3) is 5.91 Å². The quantitative estimate of drug-likeness (QED) is 0.820. The second-order valence-corrected chi connectivity index (χ2v) is 6.28. The molecule has 3 atom stereocenters. The standard InChI is InChI=1S/C14H18N2O3S/c1-15(2)14(18)10-7-16(11-3-5-19-12(10)11)13(17)9-4-6-20-8-9/h4,6,8,10-12H,3,5,7H2,1-2H3/t10-,11-,12-/m1/s1. The van der Waals surface area contributed by atoms with Crippen LogP contribution in [0.15, 0.2) is 16.8 Å². The highest BCUT2D eigenvalue weighted by molar-refractivity contribution is 7.08. The molecule has 20 heavy (non-hydrogen) atoms. The highest BCUT2D eigenvalue weighted by Crippen LogP contribution is 2.35. The molecule has 3 heterocycles. The van der Waals surface area contributed by atoms with Gasteiger partial charge in [0.15, 0.2) is 0 Å². The third kappa shape index (κ3) is 2.13. The Morgan fingerprint density at radius 2 is 2.25 bits per heavy atom. The van der Waals surface area contributed by atoms with E-state index in [1.54, 1.807) is 19.0 Å². The van der Waals surface area contributed by atoms with Crippen molar-refractivity contribution in [3.63, 3.8) is 0 Å². The molecule has 0 unspecified atom stereocenters. The molecule has 1 aromatic heterocycles. The molecule has 1 aromatic rings. The van der Waals surface area contributed by atoms with Gasteiger partial charge in [-0.05, 0) is 17.9 Å². The van der Waals surface area contributed by atoms with Gasteiger partial charge in [-0.15, -0.1) is 0 Å². The van der Waals surface area contributed by atoms with Crippen molar-refractivity contribution in [2.45, 2.75) is 18.6 Å². The lowest BCUT2D eigenvalue weighted by Gasteiger charge is -2.22. The Kier molecular flexibility index (Phi) is 3.52. The van der Waals surface area contributed by atoms with E-state index in [1.165, 1.54) is 11.3 Å². The van der Waals surface area contributed by atoms with Crippen molar-refractivity contribution in [1.29, 1.82) is 0 Å². The minimum Gasteiger partial charge on any atom is -0.375 e. The van der Waals surface area contributed by atoms with Crippen LogP contribution in [0.1, 0.15) is 16.8 Å². The van der Waals surface area contributed by atoms with Gasteiger partial charge in [-0.2, -0.15) is 11.3 Å². The van der Waals surface area contributed by atoms with Crippen molar-refractivity contribution in [3.05, 3.63) is 22.4 Å². The molecule has 0 saturated carbocycles. The van der Waals surface area contributed by atoms with Gasteiger partial charge >= 0.3 is 0 Å². The first-order chi connectivity index (χ1) is 9.59. The predicted molar refractivity (Wildman–Crippen MR) is 75.7 cm³/mol. The van der Waals surface area contributed by atoms with E-state index in [4.69, 9.17) is 4.74 Å². The van der Waals surface area contributed by atoms with E-state index >= 15 is 0 Å². The molecule has 0 bridgehead atoms. The average molecular weight is 294 g/mol. The van der Waals surface area contributed by atoms with E-state index in [0.717, 1.165) is 6.42 Å². The first-order valence-electron chi connectivity index (χ1n) is 6.75. The fourth-order valence-corrected chi connectivity index (χ4v) is 3.73. The van der Waals surface area contributed by atoms with Crippen LogP contribution >= 0.6 is 11.3 Å². The van der Waals surface area contributed by atoms with Gasteiger partial charge in [-0.3, -0.25) is 9.59 Å². The number of carbonyl (C=O) groups is 2. The van der Waals surface area contributed by atoms with E-state index in [1.807, 2.05) is 21.7 Å². The van der Waals surface area contributed by atoms with Crippen molar-refractivity contribution in [3.8, 4) is 0 Å². The number of amides is 2. The molecule has 2 aliphatic rings. The Labute approximate surface area is 122 Å². The first kappa shape index (κ1) is 13.6.